The minimum absolute atomic E-state index is 0.668. The second kappa shape index (κ2) is 4.64. The van der Waals surface area contributed by atoms with E-state index in [1.807, 2.05) is 0 Å². The molecule has 3 heterocycles. The first-order chi connectivity index (χ1) is 9.36. The lowest BCUT2D eigenvalue weighted by Crippen LogP contribution is -2.30. The Morgan fingerprint density at radius 2 is 2.21 bits per heavy atom. The molecule has 1 unspecified atom stereocenters. The third kappa shape index (κ3) is 1.78. The van der Waals surface area contributed by atoms with Crippen LogP contribution in [0.1, 0.15) is 36.4 Å². The zero-order chi connectivity index (χ0) is 12.8. The third-order valence-corrected chi connectivity index (χ3v) is 5.49. The fraction of sp³-hybridized carbons (Fsp3) is 0.500. The van der Waals surface area contributed by atoms with Crippen molar-refractivity contribution in [3.05, 3.63) is 33.9 Å². The molecule has 1 N–H and O–H groups in total. The van der Waals surface area contributed by atoms with Crippen LogP contribution in [0, 0.1) is 0 Å². The third-order valence-electron chi connectivity index (χ3n) is 4.65. The van der Waals surface area contributed by atoms with Crippen molar-refractivity contribution in [2.75, 3.05) is 13.1 Å². The summed E-state index contributed by atoms with van der Waals surface area (Å²) in [6, 6.07) is 6.78. The molecule has 2 aliphatic heterocycles. The standard InChI is InChI=1S/C16H19BrN2/c17-14-13-7-1-4-11-6-3-9-19(15(11)13)16(14)12-5-2-8-18-10-12/h1,4,7,12,18H,2-3,5-6,8-10H2. The Kier molecular flexibility index (Phi) is 2.92. The van der Waals surface area contributed by atoms with Crippen LogP contribution < -0.4 is 5.32 Å². The van der Waals surface area contributed by atoms with E-state index in [9.17, 15) is 0 Å². The van der Waals surface area contributed by atoms with Crippen LogP contribution in [-0.4, -0.2) is 17.7 Å². The van der Waals surface area contributed by atoms with E-state index in [-0.39, 0.29) is 0 Å². The summed E-state index contributed by atoms with van der Waals surface area (Å²) in [6.45, 7) is 3.49. The van der Waals surface area contributed by atoms with Crippen molar-refractivity contribution < 1.29 is 0 Å². The Labute approximate surface area is 122 Å². The maximum Gasteiger partial charge on any atom is 0.0526 e. The van der Waals surface area contributed by atoms with E-state index in [2.05, 4.69) is 44.0 Å². The topological polar surface area (TPSA) is 17.0 Å². The van der Waals surface area contributed by atoms with Crippen LogP contribution in [0.4, 0.5) is 0 Å². The Morgan fingerprint density at radius 3 is 3.05 bits per heavy atom. The van der Waals surface area contributed by atoms with E-state index >= 15 is 0 Å². The lowest BCUT2D eigenvalue weighted by molar-refractivity contribution is 0.437. The molecular formula is C16H19BrN2. The van der Waals surface area contributed by atoms with Crippen LogP contribution in [0.25, 0.3) is 10.9 Å². The number of benzene rings is 1. The van der Waals surface area contributed by atoms with Crippen molar-refractivity contribution in [3.8, 4) is 0 Å². The molecule has 1 atom stereocenters. The first-order valence-electron chi connectivity index (χ1n) is 7.36. The number of piperidine rings is 1. The number of nitrogens with zero attached hydrogens (tertiary/aromatic N) is 1. The average molecular weight is 319 g/mol. The lowest BCUT2D eigenvalue weighted by Gasteiger charge is -2.26. The van der Waals surface area contributed by atoms with E-state index < -0.39 is 0 Å². The number of aryl methyl sites for hydroxylation is 2. The van der Waals surface area contributed by atoms with Crippen LogP contribution in [0.2, 0.25) is 0 Å². The SMILES string of the molecule is Brc1c(C2CCCNC2)n2c3c(cccc13)CCC2. The van der Waals surface area contributed by atoms with Crippen LogP contribution >= 0.6 is 15.9 Å². The van der Waals surface area contributed by atoms with Gasteiger partial charge in [0.05, 0.1) is 5.52 Å². The number of para-hydroxylation sites is 1. The molecule has 0 bridgehead atoms. The van der Waals surface area contributed by atoms with Gasteiger partial charge in [-0.15, -0.1) is 0 Å². The molecule has 0 aliphatic carbocycles. The molecule has 4 rings (SSSR count). The van der Waals surface area contributed by atoms with Gasteiger partial charge in [-0.2, -0.15) is 0 Å². The van der Waals surface area contributed by atoms with Gasteiger partial charge < -0.3 is 9.88 Å². The number of aromatic nitrogens is 1. The van der Waals surface area contributed by atoms with E-state index in [0.29, 0.717) is 5.92 Å². The molecule has 0 amide bonds. The smallest absolute Gasteiger partial charge is 0.0526 e. The van der Waals surface area contributed by atoms with Gasteiger partial charge in [-0.05, 0) is 53.7 Å². The highest BCUT2D eigenvalue weighted by Crippen LogP contribution is 2.40. The summed E-state index contributed by atoms with van der Waals surface area (Å²) in [5, 5.41) is 4.97. The second-order valence-corrected chi connectivity index (χ2v) is 6.60. The summed E-state index contributed by atoms with van der Waals surface area (Å²) in [5.74, 6) is 0.668. The highest BCUT2D eigenvalue weighted by atomic mass is 79.9. The molecule has 0 saturated carbocycles. The average Bonchev–Trinajstić information content (AvgIpc) is 2.76. The Hall–Kier alpha value is -0.800. The molecule has 2 aromatic rings. The molecule has 0 spiro atoms. The summed E-state index contributed by atoms with van der Waals surface area (Å²) in [5.41, 5.74) is 4.55. The quantitative estimate of drug-likeness (QED) is 0.846. The maximum absolute atomic E-state index is 3.89. The summed E-state index contributed by atoms with van der Waals surface area (Å²) < 4.78 is 3.94. The first-order valence-corrected chi connectivity index (χ1v) is 8.16. The Bertz CT molecular complexity index is 623. The van der Waals surface area contributed by atoms with Gasteiger partial charge in [0.15, 0.2) is 0 Å². The van der Waals surface area contributed by atoms with Gasteiger partial charge in [-0.25, -0.2) is 0 Å². The molecule has 1 fully saturated rings. The molecule has 1 saturated heterocycles. The molecule has 100 valence electrons. The number of halogens is 1. The van der Waals surface area contributed by atoms with Crippen molar-refractivity contribution in [3.63, 3.8) is 0 Å². The predicted octanol–water partition coefficient (Wildman–Crippen LogP) is 3.82. The minimum Gasteiger partial charge on any atom is -0.343 e. The number of nitrogens with one attached hydrogen (secondary N) is 1. The van der Waals surface area contributed by atoms with Gasteiger partial charge in [-0.1, -0.05) is 18.2 Å². The highest BCUT2D eigenvalue weighted by molar-refractivity contribution is 9.10. The predicted molar refractivity (Wildman–Crippen MR) is 82.8 cm³/mol. The van der Waals surface area contributed by atoms with Gasteiger partial charge in [0, 0.05) is 34.6 Å². The normalized spacial score (nSPS) is 22.9. The van der Waals surface area contributed by atoms with Gasteiger partial charge in [0.25, 0.3) is 0 Å². The van der Waals surface area contributed by atoms with Crippen molar-refractivity contribution in [1.29, 1.82) is 0 Å². The zero-order valence-electron chi connectivity index (χ0n) is 11.1. The number of rotatable bonds is 1. The Balaban J connectivity index is 1.95. The van der Waals surface area contributed by atoms with Gasteiger partial charge in [0.1, 0.15) is 0 Å². The van der Waals surface area contributed by atoms with Crippen molar-refractivity contribution >= 4 is 26.8 Å². The largest absolute Gasteiger partial charge is 0.343 e. The second-order valence-electron chi connectivity index (χ2n) is 5.81. The highest BCUT2D eigenvalue weighted by Gasteiger charge is 2.26. The van der Waals surface area contributed by atoms with Crippen LogP contribution in [0.5, 0.6) is 0 Å². The van der Waals surface area contributed by atoms with Crippen molar-refractivity contribution in [2.45, 2.75) is 38.1 Å². The molecule has 19 heavy (non-hydrogen) atoms. The number of hydrogen-bond donors (Lipinski definition) is 1. The fourth-order valence-electron chi connectivity index (χ4n) is 3.81. The van der Waals surface area contributed by atoms with Crippen molar-refractivity contribution in [1.82, 2.24) is 9.88 Å². The van der Waals surface area contributed by atoms with Gasteiger partial charge in [-0.3, -0.25) is 0 Å². The molecule has 2 nitrogen and oxygen atoms in total. The van der Waals surface area contributed by atoms with Gasteiger partial charge in [0.2, 0.25) is 0 Å². The fourth-order valence-corrected chi connectivity index (χ4v) is 4.67. The molecule has 3 heteroatoms. The Morgan fingerprint density at radius 1 is 1.26 bits per heavy atom. The molecular weight excluding hydrogens is 300 g/mol. The monoisotopic (exact) mass is 318 g/mol. The minimum atomic E-state index is 0.668. The van der Waals surface area contributed by atoms with Crippen LogP contribution in [-0.2, 0) is 13.0 Å². The zero-order valence-corrected chi connectivity index (χ0v) is 12.7. The van der Waals surface area contributed by atoms with E-state index in [0.717, 1.165) is 6.54 Å². The summed E-state index contributed by atoms with van der Waals surface area (Å²) >= 11 is 3.89. The molecule has 1 aromatic carbocycles. The molecule has 2 aliphatic rings. The lowest BCUT2D eigenvalue weighted by atomic mass is 9.96. The first kappa shape index (κ1) is 12.0. The maximum atomic E-state index is 3.89. The molecule has 1 aromatic heterocycles. The van der Waals surface area contributed by atoms with E-state index in [1.165, 1.54) is 65.4 Å². The summed E-state index contributed by atoms with van der Waals surface area (Å²) in [7, 11) is 0. The van der Waals surface area contributed by atoms with Gasteiger partial charge >= 0.3 is 0 Å². The van der Waals surface area contributed by atoms with Crippen LogP contribution in [0.3, 0.4) is 0 Å². The summed E-state index contributed by atoms with van der Waals surface area (Å²) in [6.07, 6.45) is 5.12. The molecule has 0 radical (unpaired) electrons. The van der Waals surface area contributed by atoms with E-state index in [1.54, 1.807) is 0 Å². The van der Waals surface area contributed by atoms with Crippen molar-refractivity contribution in [2.24, 2.45) is 0 Å². The van der Waals surface area contributed by atoms with Crippen LogP contribution in [0.15, 0.2) is 22.7 Å². The summed E-state index contributed by atoms with van der Waals surface area (Å²) in [4.78, 5) is 0. The number of hydrogen-bond acceptors (Lipinski definition) is 1. The van der Waals surface area contributed by atoms with E-state index in [4.69, 9.17) is 0 Å².